The number of hydrogen-bond donors (Lipinski definition) is 1. The minimum absolute atomic E-state index is 0.0298. The van der Waals surface area contributed by atoms with Crippen molar-refractivity contribution in [2.45, 2.75) is 0 Å². The van der Waals surface area contributed by atoms with Crippen LogP contribution in [-0.4, -0.2) is 21.0 Å². The van der Waals surface area contributed by atoms with Crippen LogP contribution in [0.3, 0.4) is 0 Å². The molecule has 0 bridgehead atoms. The summed E-state index contributed by atoms with van der Waals surface area (Å²) in [5.74, 6) is -1.00. The Morgan fingerprint density at radius 1 is 1.33 bits per heavy atom. The molecule has 0 amide bonds. The average Bonchev–Trinajstić information content (AvgIpc) is 2.33. The van der Waals surface area contributed by atoms with Crippen LogP contribution in [0.4, 0.5) is 0 Å². The molecule has 5 nitrogen and oxygen atoms in total. The quantitative estimate of drug-likeness (QED) is 0.936. The molecule has 0 atom stereocenters. The van der Waals surface area contributed by atoms with Crippen LogP contribution in [0.1, 0.15) is 10.4 Å². The van der Waals surface area contributed by atoms with Crippen molar-refractivity contribution in [3.8, 4) is 11.6 Å². The number of pyridine rings is 2. The van der Waals surface area contributed by atoms with E-state index in [9.17, 15) is 4.79 Å². The van der Waals surface area contributed by atoms with E-state index in [0.717, 1.165) is 0 Å². The van der Waals surface area contributed by atoms with E-state index in [1.165, 1.54) is 30.7 Å². The molecule has 2 aromatic heterocycles. The summed E-state index contributed by atoms with van der Waals surface area (Å²) in [6.07, 6.45) is 3.98. The van der Waals surface area contributed by atoms with Crippen molar-refractivity contribution in [3.63, 3.8) is 0 Å². The molecular formula is C11H6Cl2N2O3. The summed E-state index contributed by atoms with van der Waals surface area (Å²) in [6.45, 7) is 0. The molecule has 0 aliphatic rings. The highest BCUT2D eigenvalue weighted by Gasteiger charge is 2.14. The summed E-state index contributed by atoms with van der Waals surface area (Å²) >= 11 is 11.6. The Kier molecular flexibility index (Phi) is 3.64. The first kappa shape index (κ1) is 12.6. The van der Waals surface area contributed by atoms with Gasteiger partial charge in [-0.1, -0.05) is 23.2 Å². The summed E-state index contributed by atoms with van der Waals surface area (Å²) in [7, 11) is 0. The first-order valence-corrected chi connectivity index (χ1v) is 5.49. The molecule has 0 aliphatic carbocycles. The van der Waals surface area contributed by atoms with Gasteiger partial charge in [0.2, 0.25) is 5.88 Å². The number of aromatic carboxylic acids is 1. The molecule has 0 saturated heterocycles. The maximum absolute atomic E-state index is 11.0. The van der Waals surface area contributed by atoms with Crippen molar-refractivity contribution in [1.82, 2.24) is 9.97 Å². The second-order valence-electron chi connectivity index (χ2n) is 3.22. The van der Waals surface area contributed by atoms with Gasteiger partial charge in [-0.25, -0.2) is 9.78 Å². The van der Waals surface area contributed by atoms with E-state index in [4.69, 9.17) is 33.0 Å². The minimum Gasteiger partial charge on any atom is -0.478 e. The van der Waals surface area contributed by atoms with Crippen LogP contribution < -0.4 is 4.74 Å². The lowest BCUT2D eigenvalue weighted by Crippen LogP contribution is -2.01. The molecule has 7 heteroatoms. The zero-order valence-electron chi connectivity index (χ0n) is 8.80. The van der Waals surface area contributed by atoms with Gasteiger partial charge >= 0.3 is 5.97 Å². The number of ether oxygens (including phenoxy) is 1. The normalized spacial score (nSPS) is 10.1. The predicted molar refractivity (Wildman–Crippen MR) is 65.5 cm³/mol. The van der Waals surface area contributed by atoms with Crippen LogP contribution in [0, 0.1) is 0 Å². The smallest absolute Gasteiger partial charge is 0.339 e. The van der Waals surface area contributed by atoms with Gasteiger partial charge < -0.3 is 9.84 Å². The average molecular weight is 285 g/mol. The van der Waals surface area contributed by atoms with Gasteiger partial charge in [0.05, 0.1) is 11.2 Å². The zero-order valence-corrected chi connectivity index (χ0v) is 10.3. The largest absolute Gasteiger partial charge is 0.478 e. The van der Waals surface area contributed by atoms with Gasteiger partial charge in [-0.15, -0.1) is 0 Å². The minimum atomic E-state index is -1.13. The van der Waals surface area contributed by atoms with Crippen molar-refractivity contribution in [3.05, 3.63) is 46.3 Å². The molecule has 0 unspecified atom stereocenters. The monoisotopic (exact) mass is 284 g/mol. The topological polar surface area (TPSA) is 72.3 Å². The van der Waals surface area contributed by atoms with Crippen LogP contribution in [0.5, 0.6) is 11.6 Å². The first-order chi connectivity index (χ1) is 8.58. The number of rotatable bonds is 3. The van der Waals surface area contributed by atoms with Crippen LogP contribution in [0.25, 0.3) is 0 Å². The first-order valence-electron chi connectivity index (χ1n) is 4.74. The molecule has 0 spiro atoms. The van der Waals surface area contributed by atoms with E-state index < -0.39 is 5.97 Å². The molecule has 2 aromatic rings. The van der Waals surface area contributed by atoms with Gasteiger partial charge in [0, 0.05) is 12.4 Å². The van der Waals surface area contributed by atoms with Crippen molar-refractivity contribution in [2.75, 3.05) is 0 Å². The third-order valence-corrected chi connectivity index (χ3v) is 2.47. The van der Waals surface area contributed by atoms with Gasteiger partial charge in [0.25, 0.3) is 0 Å². The fraction of sp³-hybridized carbons (Fsp3) is 0. The Morgan fingerprint density at radius 3 is 2.78 bits per heavy atom. The highest BCUT2D eigenvalue weighted by molar-refractivity contribution is 6.35. The standard InChI is InChI=1S/C11H6Cl2N2O3/c12-6-3-8(13)10(15-4-6)18-9-5-14-2-1-7(9)11(16)17/h1-5H,(H,16,17). The van der Waals surface area contributed by atoms with Gasteiger partial charge in [0.1, 0.15) is 10.6 Å². The van der Waals surface area contributed by atoms with E-state index in [2.05, 4.69) is 9.97 Å². The van der Waals surface area contributed by atoms with Crippen molar-refractivity contribution in [2.24, 2.45) is 0 Å². The number of carboxylic acid groups (broad SMARTS) is 1. The molecule has 0 aliphatic heterocycles. The fourth-order valence-corrected chi connectivity index (χ4v) is 1.64. The van der Waals surface area contributed by atoms with E-state index in [1.54, 1.807) is 0 Å². The third kappa shape index (κ3) is 2.69. The molecule has 0 radical (unpaired) electrons. The summed E-state index contributed by atoms with van der Waals surface area (Å²) in [5, 5.41) is 9.52. The summed E-state index contributed by atoms with van der Waals surface area (Å²) < 4.78 is 5.31. The van der Waals surface area contributed by atoms with E-state index in [0.29, 0.717) is 5.02 Å². The number of halogens is 2. The number of aromatic nitrogens is 2. The van der Waals surface area contributed by atoms with Crippen LogP contribution in [-0.2, 0) is 0 Å². The van der Waals surface area contributed by atoms with Crippen LogP contribution in [0.15, 0.2) is 30.7 Å². The predicted octanol–water partition coefficient (Wildman–Crippen LogP) is 3.27. The molecule has 18 heavy (non-hydrogen) atoms. The second-order valence-corrected chi connectivity index (χ2v) is 4.06. The molecule has 1 N–H and O–H groups in total. The lowest BCUT2D eigenvalue weighted by atomic mass is 10.2. The van der Waals surface area contributed by atoms with Gasteiger partial charge in [-0.05, 0) is 12.1 Å². The summed E-state index contributed by atoms with van der Waals surface area (Å²) in [5.41, 5.74) is -0.0298. The van der Waals surface area contributed by atoms with Gasteiger partial charge in [-0.3, -0.25) is 4.98 Å². The second kappa shape index (κ2) is 5.20. The van der Waals surface area contributed by atoms with Crippen molar-refractivity contribution in [1.29, 1.82) is 0 Å². The van der Waals surface area contributed by atoms with E-state index in [-0.39, 0.29) is 22.2 Å². The zero-order chi connectivity index (χ0) is 13.1. The molecule has 0 fully saturated rings. The number of carboxylic acids is 1. The Morgan fingerprint density at radius 2 is 2.11 bits per heavy atom. The molecule has 0 saturated carbocycles. The molecule has 2 heterocycles. The molecule has 2 rings (SSSR count). The molecule has 92 valence electrons. The van der Waals surface area contributed by atoms with E-state index in [1.807, 2.05) is 0 Å². The summed E-state index contributed by atoms with van der Waals surface area (Å²) in [6, 6.07) is 2.77. The third-order valence-electron chi connectivity index (χ3n) is 2.00. The van der Waals surface area contributed by atoms with E-state index >= 15 is 0 Å². The Hall–Kier alpha value is -1.85. The van der Waals surface area contributed by atoms with Crippen LogP contribution >= 0.6 is 23.2 Å². The Bertz CT molecular complexity index is 605. The molecule has 0 aromatic carbocycles. The highest BCUT2D eigenvalue weighted by Crippen LogP contribution is 2.30. The summed E-state index contributed by atoms with van der Waals surface area (Å²) in [4.78, 5) is 18.6. The maximum atomic E-state index is 11.0. The van der Waals surface area contributed by atoms with Crippen molar-refractivity contribution >= 4 is 29.2 Å². The fourth-order valence-electron chi connectivity index (χ4n) is 1.22. The lowest BCUT2D eigenvalue weighted by Gasteiger charge is -2.08. The molecular weight excluding hydrogens is 279 g/mol. The number of hydrogen-bond acceptors (Lipinski definition) is 4. The lowest BCUT2D eigenvalue weighted by molar-refractivity contribution is 0.0694. The van der Waals surface area contributed by atoms with Crippen molar-refractivity contribution < 1.29 is 14.6 Å². The SMILES string of the molecule is O=C(O)c1ccncc1Oc1ncc(Cl)cc1Cl. The highest BCUT2D eigenvalue weighted by atomic mass is 35.5. The maximum Gasteiger partial charge on any atom is 0.339 e. The van der Waals surface area contributed by atoms with Crippen LogP contribution in [0.2, 0.25) is 10.0 Å². The Balaban J connectivity index is 2.37. The van der Waals surface area contributed by atoms with Gasteiger partial charge in [-0.2, -0.15) is 0 Å². The van der Waals surface area contributed by atoms with Gasteiger partial charge in [0.15, 0.2) is 5.75 Å². The number of nitrogens with zero attached hydrogens (tertiary/aromatic N) is 2. The number of carbonyl (C=O) groups is 1. The Labute approximate surface area is 112 Å².